The van der Waals surface area contributed by atoms with Crippen molar-refractivity contribution in [2.75, 3.05) is 31.1 Å². The van der Waals surface area contributed by atoms with Crippen molar-refractivity contribution in [3.63, 3.8) is 0 Å². The van der Waals surface area contributed by atoms with Crippen molar-refractivity contribution in [3.8, 4) is 0 Å². The first-order chi connectivity index (χ1) is 11.5. The fraction of sp³-hybridized carbons (Fsp3) is 0.533. The molecule has 2 aromatic heterocycles. The fourth-order valence-electron chi connectivity index (χ4n) is 3.76. The summed E-state index contributed by atoms with van der Waals surface area (Å²) in [7, 11) is -3.55. The maximum Gasteiger partial charge on any atom is 0.248 e. The summed E-state index contributed by atoms with van der Waals surface area (Å²) in [5.41, 5.74) is 0.422. The van der Waals surface area contributed by atoms with E-state index >= 15 is 0 Å². The van der Waals surface area contributed by atoms with E-state index in [1.165, 1.54) is 0 Å². The number of anilines is 1. The summed E-state index contributed by atoms with van der Waals surface area (Å²) in [6.07, 6.45) is 5.08. The number of rotatable bonds is 3. The number of aryl methyl sites for hydroxylation is 2. The third-order valence-corrected chi connectivity index (χ3v) is 6.97. The van der Waals surface area contributed by atoms with E-state index < -0.39 is 10.0 Å². The molecule has 0 spiro atoms. The molecule has 2 fully saturated rings. The van der Waals surface area contributed by atoms with Gasteiger partial charge in [0.15, 0.2) is 5.76 Å². The van der Waals surface area contributed by atoms with Crippen LogP contribution in [0.25, 0.3) is 0 Å². The minimum Gasteiger partial charge on any atom is -0.360 e. The van der Waals surface area contributed by atoms with Gasteiger partial charge < -0.3 is 9.42 Å². The van der Waals surface area contributed by atoms with Gasteiger partial charge in [-0.2, -0.15) is 4.31 Å². The summed E-state index contributed by atoms with van der Waals surface area (Å²) in [5, 5.41) is 3.77. The number of hydrogen-bond acceptors (Lipinski definition) is 7. The maximum atomic E-state index is 12.9. The predicted octanol–water partition coefficient (Wildman–Crippen LogP) is 0.838. The average molecular weight is 349 g/mol. The van der Waals surface area contributed by atoms with E-state index in [1.807, 2.05) is 0 Å². The van der Waals surface area contributed by atoms with Gasteiger partial charge in [0.05, 0.1) is 6.20 Å². The van der Waals surface area contributed by atoms with Crippen molar-refractivity contribution in [1.82, 2.24) is 19.4 Å². The highest BCUT2D eigenvalue weighted by molar-refractivity contribution is 7.89. The molecule has 8 nitrogen and oxygen atoms in total. The van der Waals surface area contributed by atoms with Crippen LogP contribution in [0.1, 0.15) is 11.5 Å². The normalized spacial score (nSPS) is 24.5. The Balaban J connectivity index is 1.52. The van der Waals surface area contributed by atoms with Crippen LogP contribution in [0.2, 0.25) is 0 Å². The molecule has 2 aliphatic heterocycles. The lowest BCUT2D eigenvalue weighted by Gasteiger charge is -2.21. The summed E-state index contributed by atoms with van der Waals surface area (Å²) < 4.78 is 32.4. The second-order valence-electron chi connectivity index (χ2n) is 6.46. The highest BCUT2D eigenvalue weighted by Crippen LogP contribution is 2.36. The van der Waals surface area contributed by atoms with E-state index in [0.29, 0.717) is 36.4 Å². The second-order valence-corrected chi connectivity index (χ2v) is 8.34. The van der Waals surface area contributed by atoms with E-state index in [9.17, 15) is 8.42 Å². The van der Waals surface area contributed by atoms with Crippen LogP contribution in [-0.4, -0.2) is 54.0 Å². The van der Waals surface area contributed by atoms with E-state index in [4.69, 9.17) is 4.52 Å². The van der Waals surface area contributed by atoms with Crippen LogP contribution < -0.4 is 4.90 Å². The Morgan fingerprint density at radius 2 is 1.83 bits per heavy atom. The Labute approximate surface area is 140 Å². The molecule has 0 aromatic carbocycles. The number of hydrogen-bond donors (Lipinski definition) is 0. The Morgan fingerprint density at radius 3 is 2.38 bits per heavy atom. The average Bonchev–Trinajstić information content (AvgIpc) is 3.21. The van der Waals surface area contributed by atoms with Gasteiger partial charge in [-0.25, -0.2) is 13.4 Å². The monoisotopic (exact) mass is 349 g/mol. The number of fused-ring (bicyclic) bond motifs is 1. The van der Waals surface area contributed by atoms with Crippen molar-refractivity contribution >= 4 is 15.8 Å². The highest BCUT2D eigenvalue weighted by Gasteiger charge is 2.45. The van der Waals surface area contributed by atoms with Crippen LogP contribution in [0.4, 0.5) is 5.82 Å². The molecule has 4 heterocycles. The van der Waals surface area contributed by atoms with Crippen molar-refractivity contribution in [3.05, 3.63) is 30.0 Å². The van der Waals surface area contributed by atoms with Gasteiger partial charge in [0.25, 0.3) is 0 Å². The molecule has 0 bridgehead atoms. The molecule has 0 aliphatic carbocycles. The number of nitrogens with zero attached hydrogens (tertiary/aromatic N) is 5. The van der Waals surface area contributed by atoms with E-state index in [2.05, 4.69) is 20.0 Å². The molecule has 2 aromatic rings. The molecule has 128 valence electrons. The quantitative estimate of drug-likeness (QED) is 0.810. The van der Waals surface area contributed by atoms with E-state index in [0.717, 1.165) is 18.9 Å². The molecule has 9 heteroatoms. The molecule has 0 N–H and O–H groups in total. The van der Waals surface area contributed by atoms with Gasteiger partial charge in [-0.05, 0) is 25.7 Å². The van der Waals surface area contributed by atoms with Crippen molar-refractivity contribution in [1.29, 1.82) is 0 Å². The smallest absolute Gasteiger partial charge is 0.248 e. The van der Waals surface area contributed by atoms with Crippen molar-refractivity contribution in [2.45, 2.75) is 18.7 Å². The number of sulfonamides is 1. The van der Waals surface area contributed by atoms with Crippen LogP contribution in [0.15, 0.2) is 28.0 Å². The molecule has 24 heavy (non-hydrogen) atoms. The zero-order valence-electron chi connectivity index (χ0n) is 13.6. The van der Waals surface area contributed by atoms with Crippen LogP contribution in [-0.2, 0) is 10.0 Å². The lowest BCUT2D eigenvalue weighted by molar-refractivity contribution is 0.389. The van der Waals surface area contributed by atoms with Gasteiger partial charge in [0, 0.05) is 38.6 Å². The molecule has 2 saturated heterocycles. The topological polar surface area (TPSA) is 92.4 Å². The molecular weight excluding hydrogens is 330 g/mol. The fourth-order valence-corrected chi connectivity index (χ4v) is 5.60. The Kier molecular flexibility index (Phi) is 3.57. The third-order valence-electron chi connectivity index (χ3n) is 4.89. The minimum absolute atomic E-state index is 0.216. The SMILES string of the molecule is Cc1noc(C)c1S(=O)(=O)N1CC2CN(c3cnccn3)CC2C1. The Bertz CT molecular complexity index is 818. The maximum absolute atomic E-state index is 12.9. The largest absolute Gasteiger partial charge is 0.360 e. The van der Waals surface area contributed by atoms with Gasteiger partial charge in [0.1, 0.15) is 16.4 Å². The second kappa shape index (κ2) is 5.52. The Morgan fingerprint density at radius 1 is 1.12 bits per heavy atom. The molecule has 2 aliphatic rings. The molecule has 0 saturated carbocycles. The van der Waals surface area contributed by atoms with Gasteiger partial charge in [-0.3, -0.25) is 4.98 Å². The summed E-state index contributed by atoms with van der Waals surface area (Å²) in [4.78, 5) is 10.8. The molecule has 2 atom stereocenters. The minimum atomic E-state index is -3.55. The molecular formula is C15H19N5O3S. The van der Waals surface area contributed by atoms with Gasteiger partial charge in [0.2, 0.25) is 10.0 Å². The van der Waals surface area contributed by atoms with E-state index in [1.54, 1.807) is 36.7 Å². The van der Waals surface area contributed by atoms with Gasteiger partial charge in [-0.1, -0.05) is 5.16 Å². The van der Waals surface area contributed by atoms with Crippen molar-refractivity contribution in [2.24, 2.45) is 11.8 Å². The lowest BCUT2D eigenvalue weighted by atomic mass is 10.0. The molecule has 2 unspecified atom stereocenters. The first kappa shape index (κ1) is 15.5. The zero-order valence-corrected chi connectivity index (χ0v) is 14.4. The summed E-state index contributed by atoms with van der Waals surface area (Å²) in [6, 6.07) is 0. The van der Waals surface area contributed by atoms with Crippen molar-refractivity contribution < 1.29 is 12.9 Å². The van der Waals surface area contributed by atoms with Crippen LogP contribution in [0.5, 0.6) is 0 Å². The molecule has 0 radical (unpaired) electrons. The summed E-state index contributed by atoms with van der Waals surface area (Å²) >= 11 is 0. The Hall–Kier alpha value is -2.00. The summed E-state index contributed by atoms with van der Waals surface area (Å²) in [5.74, 6) is 1.82. The third kappa shape index (κ3) is 2.39. The first-order valence-corrected chi connectivity index (χ1v) is 9.35. The molecule has 0 amide bonds. The van der Waals surface area contributed by atoms with Crippen LogP contribution in [0.3, 0.4) is 0 Å². The molecule has 4 rings (SSSR count). The number of aromatic nitrogens is 3. The van der Waals surface area contributed by atoms with Crippen LogP contribution in [0, 0.1) is 25.7 Å². The standard InChI is InChI=1S/C15H19N5O3S/c1-10-15(11(2)23-18-10)24(21,22)20-8-12-6-19(7-13(12)9-20)14-5-16-3-4-17-14/h3-5,12-13H,6-9H2,1-2H3. The lowest BCUT2D eigenvalue weighted by Crippen LogP contribution is -2.34. The predicted molar refractivity (Wildman–Crippen MR) is 86.0 cm³/mol. The summed E-state index contributed by atoms with van der Waals surface area (Å²) in [6.45, 7) is 5.95. The van der Waals surface area contributed by atoms with E-state index in [-0.39, 0.29) is 4.90 Å². The van der Waals surface area contributed by atoms with Gasteiger partial charge >= 0.3 is 0 Å². The zero-order chi connectivity index (χ0) is 16.9. The first-order valence-electron chi connectivity index (χ1n) is 7.91. The highest BCUT2D eigenvalue weighted by atomic mass is 32.2. The van der Waals surface area contributed by atoms with Crippen LogP contribution >= 0.6 is 0 Å². The van der Waals surface area contributed by atoms with Gasteiger partial charge in [-0.15, -0.1) is 0 Å².